The highest BCUT2D eigenvalue weighted by molar-refractivity contribution is 5.52. The van der Waals surface area contributed by atoms with Gasteiger partial charge >= 0.3 is 0 Å². The van der Waals surface area contributed by atoms with Crippen LogP contribution in [0.25, 0.3) is 18.3 Å². The SMILES string of the molecule is C=c1[nH]n(-c2ccccc2)c(=O)/c1=C\c1cccc(Oc2ccccc2)c1. The molecule has 4 nitrogen and oxygen atoms in total. The summed E-state index contributed by atoms with van der Waals surface area (Å²) >= 11 is 0. The Hall–Kier alpha value is -3.79. The predicted octanol–water partition coefficient (Wildman–Crippen LogP) is 3.20. The lowest BCUT2D eigenvalue weighted by atomic mass is 10.2. The molecular weight excluding hydrogens is 336 g/mol. The topological polar surface area (TPSA) is 47.0 Å². The van der Waals surface area contributed by atoms with Crippen molar-refractivity contribution in [1.82, 2.24) is 9.78 Å². The van der Waals surface area contributed by atoms with Crippen molar-refractivity contribution in [2.45, 2.75) is 0 Å². The van der Waals surface area contributed by atoms with Crippen LogP contribution in [0.4, 0.5) is 0 Å². The Balaban J connectivity index is 1.73. The van der Waals surface area contributed by atoms with Crippen molar-refractivity contribution in [2.24, 2.45) is 0 Å². The number of hydrogen-bond donors (Lipinski definition) is 1. The second kappa shape index (κ2) is 7.22. The Labute approximate surface area is 156 Å². The number of aromatic nitrogens is 2. The van der Waals surface area contributed by atoms with Gasteiger partial charge in [0.25, 0.3) is 5.56 Å². The molecule has 1 heterocycles. The first-order chi connectivity index (χ1) is 13.2. The van der Waals surface area contributed by atoms with Gasteiger partial charge in [-0.2, -0.15) is 0 Å². The molecule has 0 aliphatic heterocycles. The fraction of sp³-hybridized carbons (Fsp3) is 0. The number of nitrogens with zero attached hydrogens (tertiary/aromatic N) is 1. The fourth-order valence-corrected chi connectivity index (χ4v) is 2.86. The van der Waals surface area contributed by atoms with E-state index in [4.69, 9.17) is 4.74 Å². The van der Waals surface area contributed by atoms with Crippen molar-refractivity contribution in [3.63, 3.8) is 0 Å². The number of benzene rings is 3. The van der Waals surface area contributed by atoms with Crippen molar-refractivity contribution < 1.29 is 4.74 Å². The third-order valence-corrected chi connectivity index (χ3v) is 4.17. The van der Waals surface area contributed by atoms with Gasteiger partial charge in [0.15, 0.2) is 0 Å². The van der Waals surface area contributed by atoms with Crippen LogP contribution in [-0.2, 0) is 0 Å². The molecule has 1 aromatic heterocycles. The molecule has 1 N–H and O–H groups in total. The molecule has 0 atom stereocenters. The molecule has 0 bridgehead atoms. The van der Waals surface area contributed by atoms with Crippen molar-refractivity contribution in [2.75, 3.05) is 0 Å². The van der Waals surface area contributed by atoms with Crippen LogP contribution >= 0.6 is 0 Å². The van der Waals surface area contributed by atoms with Gasteiger partial charge in [-0.25, -0.2) is 4.68 Å². The molecule has 4 heteroatoms. The van der Waals surface area contributed by atoms with E-state index in [0.717, 1.165) is 17.0 Å². The first kappa shape index (κ1) is 16.7. The minimum Gasteiger partial charge on any atom is -0.457 e. The first-order valence-corrected chi connectivity index (χ1v) is 8.61. The van der Waals surface area contributed by atoms with E-state index in [9.17, 15) is 4.79 Å². The highest BCUT2D eigenvalue weighted by atomic mass is 16.5. The number of ether oxygens (including phenoxy) is 1. The lowest BCUT2D eigenvalue weighted by Crippen LogP contribution is -2.33. The lowest BCUT2D eigenvalue weighted by Gasteiger charge is -2.05. The van der Waals surface area contributed by atoms with E-state index >= 15 is 0 Å². The summed E-state index contributed by atoms with van der Waals surface area (Å²) in [6.45, 7) is 3.97. The lowest BCUT2D eigenvalue weighted by molar-refractivity contribution is 0.482. The van der Waals surface area contributed by atoms with Crippen LogP contribution in [0, 0.1) is 0 Å². The van der Waals surface area contributed by atoms with E-state index in [0.29, 0.717) is 16.3 Å². The van der Waals surface area contributed by atoms with Gasteiger partial charge in [0, 0.05) is 0 Å². The number of rotatable bonds is 4. The van der Waals surface area contributed by atoms with Crippen molar-refractivity contribution in [1.29, 1.82) is 0 Å². The largest absolute Gasteiger partial charge is 0.457 e. The number of hydrogen-bond acceptors (Lipinski definition) is 2. The summed E-state index contributed by atoms with van der Waals surface area (Å²) < 4.78 is 7.36. The van der Waals surface area contributed by atoms with Crippen LogP contribution in [0.3, 0.4) is 0 Å². The molecule has 4 aromatic rings. The quantitative estimate of drug-likeness (QED) is 0.612. The average Bonchev–Trinajstić information content (AvgIpc) is 2.98. The zero-order valence-electron chi connectivity index (χ0n) is 14.6. The van der Waals surface area contributed by atoms with Crippen LogP contribution in [-0.4, -0.2) is 9.78 Å². The zero-order valence-corrected chi connectivity index (χ0v) is 14.6. The first-order valence-electron chi connectivity index (χ1n) is 8.61. The van der Waals surface area contributed by atoms with Gasteiger partial charge < -0.3 is 4.74 Å². The number of nitrogens with one attached hydrogen (secondary N) is 1. The number of H-pyrrole nitrogens is 1. The maximum atomic E-state index is 12.8. The standard InChI is InChI=1S/C23H18N2O2/c1-17-22(23(26)25(24-17)19-10-4-2-5-11-19)16-18-9-8-14-21(15-18)27-20-12-6-3-7-13-20/h2-16,24H,1H2/b22-16-. The maximum absolute atomic E-state index is 12.8. The molecule has 0 spiro atoms. The Morgan fingerprint density at radius 1 is 0.852 bits per heavy atom. The third kappa shape index (κ3) is 3.60. The van der Waals surface area contributed by atoms with Crippen LogP contribution in [0.2, 0.25) is 0 Å². The van der Waals surface area contributed by atoms with E-state index in [1.54, 1.807) is 0 Å². The van der Waals surface area contributed by atoms with Gasteiger partial charge in [-0.15, -0.1) is 0 Å². The van der Waals surface area contributed by atoms with Gasteiger partial charge in [0.1, 0.15) is 11.5 Å². The Morgan fingerprint density at radius 3 is 2.26 bits per heavy atom. The number of aromatic amines is 1. The van der Waals surface area contributed by atoms with E-state index in [1.807, 2.05) is 91.0 Å². The highest BCUT2D eigenvalue weighted by Gasteiger charge is 2.04. The molecule has 132 valence electrons. The van der Waals surface area contributed by atoms with Crippen LogP contribution in [0.1, 0.15) is 5.56 Å². The summed E-state index contributed by atoms with van der Waals surface area (Å²) in [5.74, 6) is 1.47. The van der Waals surface area contributed by atoms with E-state index in [-0.39, 0.29) is 5.56 Å². The highest BCUT2D eigenvalue weighted by Crippen LogP contribution is 2.21. The summed E-state index contributed by atoms with van der Waals surface area (Å²) in [6.07, 6.45) is 1.82. The summed E-state index contributed by atoms with van der Waals surface area (Å²) in [5, 5.41) is 4.13. The molecule has 27 heavy (non-hydrogen) atoms. The molecule has 0 fully saturated rings. The van der Waals surface area contributed by atoms with Gasteiger partial charge in [-0.3, -0.25) is 9.89 Å². The Morgan fingerprint density at radius 2 is 1.52 bits per heavy atom. The molecule has 0 saturated carbocycles. The molecule has 0 saturated heterocycles. The van der Waals surface area contributed by atoms with E-state index < -0.39 is 0 Å². The molecule has 0 unspecified atom stereocenters. The van der Waals surface area contributed by atoms with Crippen molar-refractivity contribution >= 4 is 12.7 Å². The monoisotopic (exact) mass is 354 g/mol. The third-order valence-electron chi connectivity index (χ3n) is 4.17. The Bertz CT molecular complexity index is 1220. The molecule has 4 rings (SSSR count). The Kier molecular flexibility index (Phi) is 4.45. The maximum Gasteiger partial charge on any atom is 0.279 e. The minimum atomic E-state index is -0.138. The summed E-state index contributed by atoms with van der Waals surface area (Å²) in [4.78, 5) is 12.8. The average molecular weight is 354 g/mol. The normalized spacial score (nSPS) is 11.5. The van der Waals surface area contributed by atoms with Gasteiger partial charge in [0.05, 0.1) is 16.3 Å². The summed E-state index contributed by atoms with van der Waals surface area (Å²) in [7, 11) is 0. The van der Waals surface area contributed by atoms with Crippen LogP contribution < -0.4 is 20.9 Å². The number of para-hydroxylation sites is 2. The molecule has 0 amide bonds. The van der Waals surface area contributed by atoms with Gasteiger partial charge in [-0.05, 0) is 48.0 Å². The molecule has 0 aliphatic carbocycles. The minimum absolute atomic E-state index is 0.138. The van der Waals surface area contributed by atoms with Gasteiger partial charge in [-0.1, -0.05) is 55.1 Å². The molecule has 0 radical (unpaired) electrons. The van der Waals surface area contributed by atoms with E-state index in [1.165, 1.54) is 4.68 Å². The summed E-state index contributed by atoms with van der Waals surface area (Å²) in [5.41, 5.74) is 1.50. The van der Waals surface area contributed by atoms with Crippen molar-refractivity contribution in [3.05, 3.63) is 111 Å². The molecule has 3 aromatic carbocycles. The summed E-state index contributed by atoms with van der Waals surface area (Å²) in [6, 6.07) is 26.6. The van der Waals surface area contributed by atoms with Gasteiger partial charge in [0.2, 0.25) is 0 Å². The second-order valence-corrected chi connectivity index (χ2v) is 6.11. The zero-order chi connectivity index (χ0) is 18.6. The van der Waals surface area contributed by atoms with Crippen molar-refractivity contribution in [3.8, 4) is 17.2 Å². The van der Waals surface area contributed by atoms with Crippen LogP contribution in [0.15, 0.2) is 89.7 Å². The van der Waals surface area contributed by atoms with Crippen LogP contribution in [0.5, 0.6) is 11.5 Å². The smallest absolute Gasteiger partial charge is 0.279 e. The molecule has 0 aliphatic rings. The van der Waals surface area contributed by atoms with E-state index in [2.05, 4.69) is 11.7 Å². The second-order valence-electron chi connectivity index (χ2n) is 6.11. The predicted molar refractivity (Wildman–Crippen MR) is 108 cm³/mol. The molecular formula is C23H18N2O2. The fourth-order valence-electron chi connectivity index (χ4n) is 2.86.